The average Bonchev–Trinajstić information content (AvgIpc) is 3.24. The van der Waals surface area contributed by atoms with E-state index in [4.69, 9.17) is 4.42 Å². The molecule has 0 unspecified atom stereocenters. The maximum Gasteiger partial charge on any atom is 0.251 e. The number of fused-ring (bicyclic) bond motifs is 1. The van der Waals surface area contributed by atoms with Crippen molar-refractivity contribution in [3.8, 4) is 0 Å². The van der Waals surface area contributed by atoms with Gasteiger partial charge in [-0.2, -0.15) is 0 Å². The average molecular weight is 378 g/mol. The molecule has 2 aromatic heterocycles. The molecule has 146 valence electrons. The molecule has 1 amide bonds. The van der Waals surface area contributed by atoms with Gasteiger partial charge < -0.3 is 9.73 Å². The Labute approximate surface area is 165 Å². The minimum Gasteiger partial charge on any atom is -0.468 e. The topological polar surface area (TPSA) is 71.3 Å². The zero-order valence-corrected chi connectivity index (χ0v) is 16.4. The van der Waals surface area contributed by atoms with Crippen molar-refractivity contribution in [1.29, 1.82) is 0 Å². The zero-order chi connectivity index (χ0) is 19.5. The first-order valence-corrected chi connectivity index (χ1v) is 9.92. The molecular weight excluding hydrogens is 352 g/mol. The number of rotatable bonds is 5. The van der Waals surface area contributed by atoms with Crippen LogP contribution in [0.4, 0.5) is 0 Å². The largest absolute Gasteiger partial charge is 0.468 e. The second kappa shape index (κ2) is 8.10. The number of furan rings is 1. The third-order valence-corrected chi connectivity index (χ3v) is 5.50. The summed E-state index contributed by atoms with van der Waals surface area (Å²) in [6.07, 6.45) is 5.34. The predicted molar refractivity (Wildman–Crippen MR) is 108 cm³/mol. The van der Waals surface area contributed by atoms with Crippen molar-refractivity contribution in [2.45, 2.75) is 39.2 Å². The highest BCUT2D eigenvalue weighted by molar-refractivity contribution is 5.97. The highest BCUT2D eigenvalue weighted by Crippen LogP contribution is 2.24. The summed E-state index contributed by atoms with van der Waals surface area (Å²) in [5, 5.41) is 3.09. The second-order valence-electron chi connectivity index (χ2n) is 7.44. The maximum atomic E-state index is 12.8. The van der Waals surface area contributed by atoms with E-state index in [1.54, 1.807) is 6.26 Å². The molecule has 3 aromatic rings. The van der Waals surface area contributed by atoms with E-state index in [1.807, 2.05) is 44.2 Å². The van der Waals surface area contributed by atoms with E-state index in [1.165, 1.54) is 19.3 Å². The van der Waals surface area contributed by atoms with E-state index >= 15 is 0 Å². The molecule has 1 aliphatic heterocycles. The molecule has 0 radical (unpaired) electrons. The number of benzene rings is 1. The van der Waals surface area contributed by atoms with Crippen LogP contribution in [-0.4, -0.2) is 40.4 Å². The van der Waals surface area contributed by atoms with E-state index in [-0.39, 0.29) is 11.9 Å². The van der Waals surface area contributed by atoms with Gasteiger partial charge in [0.1, 0.15) is 5.76 Å². The molecule has 6 heteroatoms. The molecule has 1 aromatic carbocycles. The SMILES string of the molecule is Cc1nc2ccc(C(=O)NC[C@H](c3ccco3)N3CCCCC3)cc2nc1C. The van der Waals surface area contributed by atoms with Gasteiger partial charge in [0.2, 0.25) is 0 Å². The van der Waals surface area contributed by atoms with Crippen LogP contribution < -0.4 is 5.32 Å². The third-order valence-electron chi connectivity index (χ3n) is 5.50. The molecule has 1 aliphatic rings. The molecule has 1 saturated heterocycles. The minimum absolute atomic E-state index is 0.0596. The highest BCUT2D eigenvalue weighted by atomic mass is 16.3. The van der Waals surface area contributed by atoms with Gasteiger partial charge in [-0.05, 0) is 70.1 Å². The number of amides is 1. The monoisotopic (exact) mass is 378 g/mol. The molecule has 0 bridgehead atoms. The number of likely N-dealkylation sites (tertiary alicyclic amines) is 1. The lowest BCUT2D eigenvalue weighted by atomic mass is 10.1. The van der Waals surface area contributed by atoms with E-state index < -0.39 is 0 Å². The summed E-state index contributed by atoms with van der Waals surface area (Å²) >= 11 is 0. The Hall–Kier alpha value is -2.73. The molecule has 0 spiro atoms. The van der Waals surface area contributed by atoms with Crippen LogP contribution in [0.3, 0.4) is 0 Å². The van der Waals surface area contributed by atoms with Crippen LogP contribution in [0.25, 0.3) is 11.0 Å². The molecule has 1 atom stereocenters. The number of carbonyl (C=O) groups excluding carboxylic acids is 1. The first-order valence-electron chi connectivity index (χ1n) is 9.92. The number of nitrogens with one attached hydrogen (secondary N) is 1. The van der Waals surface area contributed by atoms with Crippen LogP contribution in [0.15, 0.2) is 41.0 Å². The molecule has 0 saturated carbocycles. The number of carbonyl (C=O) groups is 1. The van der Waals surface area contributed by atoms with E-state index in [0.717, 1.165) is 41.3 Å². The van der Waals surface area contributed by atoms with E-state index in [0.29, 0.717) is 12.1 Å². The van der Waals surface area contributed by atoms with Gasteiger partial charge in [-0.1, -0.05) is 6.42 Å². The standard InChI is InChI=1S/C22H26N4O2/c1-15-16(2)25-19-13-17(8-9-18(19)24-15)22(27)23-14-20(21-7-6-12-28-21)26-10-4-3-5-11-26/h6-9,12-13,20H,3-5,10-11,14H2,1-2H3,(H,23,27)/t20-/m1/s1. The number of hydrogen-bond acceptors (Lipinski definition) is 5. The van der Waals surface area contributed by atoms with Gasteiger partial charge in [0.25, 0.3) is 5.91 Å². The van der Waals surface area contributed by atoms with Gasteiger partial charge in [-0.25, -0.2) is 9.97 Å². The lowest BCUT2D eigenvalue weighted by molar-refractivity contribution is 0.0914. The lowest BCUT2D eigenvalue weighted by Gasteiger charge is -2.33. The number of aryl methyl sites for hydroxylation is 2. The van der Waals surface area contributed by atoms with Crippen LogP contribution >= 0.6 is 0 Å². The minimum atomic E-state index is -0.101. The van der Waals surface area contributed by atoms with Crippen LogP contribution in [0.2, 0.25) is 0 Å². The Balaban J connectivity index is 1.50. The smallest absolute Gasteiger partial charge is 0.251 e. The summed E-state index contributed by atoms with van der Waals surface area (Å²) in [6.45, 7) is 6.46. The molecule has 1 N–H and O–H groups in total. The van der Waals surface area contributed by atoms with Crippen molar-refractivity contribution in [2.75, 3.05) is 19.6 Å². The summed E-state index contributed by atoms with van der Waals surface area (Å²) < 4.78 is 5.66. The van der Waals surface area contributed by atoms with Gasteiger partial charge in [0, 0.05) is 12.1 Å². The maximum absolute atomic E-state index is 12.8. The van der Waals surface area contributed by atoms with Crippen molar-refractivity contribution >= 4 is 16.9 Å². The molecule has 6 nitrogen and oxygen atoms in total. The van der Waals surface area contributed by atoms with Crippen molar-refractivity contribution < 1.29 is 9.21 Å². The summed E-state index contributed by atoms with van der Waals surface area (Å²) in [7, 11) is 0. The first-order chi connectivity index (χ1) is 13.6. The van der Waals surface area contributed by atoms with Gasteiger partial charge in [-0.3, -0.25) is 9.69 Å². The van der Waals surface area contributed by atoms with Gasteiger partial charge >= 0.3 is 0 Å². The number of nitrogens with zero attached hydrogens (tertiary/aromatic N) is 3. The first kappa shape index (κ1) is 18.6. The summed E-state index contributed by atoms with van der Waals surface area (Å²) in [5.41, 5.74) is 3.94. The lowest BCUT2D eigenvalue weighted by Crippen LogP contribution is -2.40. The fourth-order valence-electron chi connectivity index (χ4n) is 3.78. The Bertz CT molecular complexity index is 962. The van der Waals surface area contributed by atoms with Crippen LogP contribution in [0.5, 0.6) is 0 Å². The van der Waals surface area contributed by atoms with Gasteiger partial charge in [0.15, 0.2) is 0 Å². The second-order valence-corrected chi connectivity index (χ2v) is 7.44. The molecule has 0 aliphatic carbocycles. The van der Waals surface area contributed by atoms with Gasteiger partial charge in [0.05, 0.1) is 34.7 Å². The number of aromatic nitrogens is 2. The Kier molecular flexibility index (Phi) is 5.39. The van der Waals surface area contributed by atoms with Crippen molar-refractivity contribution in [2.24, 2.45) is 0 Å². The van der Waals surface area contributed by atoms with E-state index in [9.17, 15) is 4.79 Å². The fourth-order valence-corrected chi connectivity index (χ4v) is 3.78. The van der Waals surface area contributed by atoms with Gasteiger partial charge in [-0.15, -0.1) is 0 Å². The summed E-state index contributed by atoms with van der Waals surface area (Å²) in [4.78, 5) is 24.3. The quantitative estimate of drug-likeness (QED) is 0.731. The molecule has 28 heavy (non-hydrogen) atoms. The number of piperidine rings is 1. The Morgan fingerprint density at radius 3 is 2.57 bits per heavy atom. The predicted octanol–water partition coefficient (Wildman–Crippen LogP) is 3.80. The van der Waals surface area contributed by atoms with Crippen molar-refractivity contribution in [3.05, 3.63) is 59.3 Å². The molecule has 1 fully saturated rings. The summed E-state index contributed by atoms with van der Waals surface area (Å²) in [5.74, 6) is 0.799. The molecule has 4 rings (SSSR count). The van der Waals surface area contributed by atoms with Crippen molar-refractivity contribution in [3.63, 3.8) is 0 Å². The zero-order valence-electron chi connectivity index (χ0n) is 16.4. The van der Waals surface area contributed by atoms with Crippen LogP contribution in [0.1, 0.15) is 52.8 Å². The van der Waals surface area contributed by atoms with Crippen LogP contribution in [-0.2, 0) is 0 Å². The molecule has 3 heterocycles. The summed E-state index contributed by atoms with van der Waals surface area (Å²) in [6, 6.07) is 9.43. The third kappa shape index (κ3) is 3.92. The molecular formula is C22H26N4O2. The van der Waals surface area contributed by atoms with E-state index in [2.05, 4.69) is 20.2 Å². The highest BCUT2D eigenvalue weighted by Gasteiger charge is 2.25. The normalized spacial score (nSPS) is 16.2. The fraction of sp³-hybridized carbons (Fsp3) is 0.409. The van der Waals surface area contributed by atoms with Crippen molar-refractivity contribution in [1.82, 2.24) is 20.2 Å². The number of hydrogen-bond donors (Lipinski definition) is 1. The van der Waals surface area contributed by atoms with Crippen LogP contribution in [0, 0.1) is 13.8 Å². The Morgan fingerprint density at radius 2 is 1.86 bits per heavy atom. The Morgan fingerprint density at radius 1 is 1.11 bits per heavy atom.